The molecule has 11 nitrogen and oxygen atoms in total. The second kappa shape index (κ2) is 15.0. The van der Waals surface area contributed by atoms with Crippen LogP contribution in [0.15, 0.2) is 24.5 Å². The minimum absolute atomic E-state index is 0.0322. The highest BCUT2D eigenvalue weighted by Crippen LogP contribution is 2.36. The van der Waals surface area contributed by atoms with E-state index in [1.165, 1.54) is 49.4 Å². The van der Waals surface area contributed by atoms with Crippen molar-refractivity contribution >= 4 is 11.6 Å². The molecule has 0 aliphatic carbocycles. The first-order valence-corrected chi connectivity index (χ1v) is 15.1. The standard InChI is InChI=1S/C29H41ClF2N6O5/c1-5-7-8-9-10-13-29(6-2,42-4)23-16-37(35-34-23)15-21-28(41-3)26(27(40)22(17-39)43-21)38-14-20(33-36-38)18-11-12-19(30)25(32)24(18)31/h11-12,14,16,21-22,26-28,39-40H,5-10,13,15,17H2,1-4H3/t21-,22-,26+,27+,28+,29?/m1/s1. The van der Waals surface area contributed by atoms with Crippen molar-refractivity contribution < 1.29 is 33.2 Å². The normalized spacial score (nSPS) is 23.9. The van der Waals surface area contributed by atoms with Gasteiger partial charge in [-0.1, -0.05) is 68.0 Å². The fraction of sp³-hybridized carbons (Fsp3) is 0.655. The van der Waals surface area contributed by atoms with Gasteiger partial charge >= 0.3 is 0 Å². The molecule has 2 aromatic heterocycles. The number of rotatable bonds is 15. The van der Waals surface area contributed by atoms with E-state index in [-0.39, 0.29) is 22.8 Å². The van der Waals surface area contributed by atoms with Gasteiger partial charge in [0.1, 0.15) is 47.4 Å². The van der Waals surface area contributed by atoms with Gasteiger partial charge in [0.15, 0.2) is 11.6 Å². The lowest BCUT2D eigenvalue weighted by Gasteiger charge is -2.43. The number of benzene rings is 1. The Balaban J connectivity index is 1.57. The minimum Gasteiger partial charge on any atom is -0.394 e. The molecular weight excluding hydrogens is 586 g/mol. The number of aliphatic hydroxyl groups is 2. The molecule has 1 unspecified atom stereocenters. The molecule has 0 saturated carbocycles. The molecule has 0 spiro atoms. The molecule has 6 atom stereocenters. The third-order valence-electron chi connectivity index (χ3n) is 8.38. The molecule has 2 N–H and O–H groups in total. The van der Waals surface area contributed by atoms with Gasteiger partial charge in [0, 0.05) is 19.8 Å². The zero-order valence-electron chi connectivity index (χ0n) is 25.0. The SMILES string of the molecule is CCCCCCCC(CC)(OC)c1cn(C[C@H]2O[C@H](CO)[C@H](O)[C@H](n3cc(-c4ccc(Cl)c(F)c4F)nn3)[C@H]2OC)nn1. The maximum atomic E-state index is 14.6. The molecule has 3 aromatic rings. The molecule has 43 heavy (non-hydrogen) atoms. The van der Waals surface area contributed by atoms with E-state index in [2.05, 4.69) is 34.5 Å². The maximum Gasteiger partial charge on any atom is 0.178 e. The molecule has 1 fully saturated rings. The topological polar surface area (TPSA) is 130 Å². The largest absolute Gasteiger partial charge is 0.394 e. The van der Waals surface area contributed by atoms with Gasteiger partial charge in [-0.25, -0.2) is 18.1 Å². The van der Waals surface area contributed by atoms with E-state index in [0.717, 1.165) is 25.7 Å². The number of aliphatic hydroxyl groups excluding tert-OH is 2. The Kier molecular flexibility index (Phi) is 11.6. The Labute approximate surface area is 255 Å². The van der Waals surface area contributed by atoms with Crippen molar-refractivity contribution in [2.75, 3.05) is 20.8 Å². The van der Waals surface area contributed by atoms with Crippen LogP contribution in [0.5, 0.6) is 0 Å². The van der Waals surface area contributed by atoms with Crippen LogP contribution in [0, 0.1) is 11.6 Å². The molecular formula is C29H41ClF2N6O5. The fourth-order valence-corrected chi connectivity index (χ4v) is 5.96. The fourth-order valence-electron chi connectivity index (χ4n) is 5.81. The molecule has 238 valence electrons. The average molecular weight is 627 g/mol. The Hall–Kier alpha value is -2.55. The van der Waals surface area contributed by atoms with Crippen molar-refractivity contribution in [1.82, 2.24) is 30.0 Å². The summed E-state index contributed by atoms with van der Waals surface area (Å²) in [5.74, 6) is -2.36. The lowest BCUT2D eigenvalue weighted by atomic mass is 9.89. The molecule has 1 aromatic carbocycles. The number of hydrogen-bond donors (Lipinski definition) is 2. The van der Waals surface area contributed by atoms with E-state index in [9.17, 15) is 19.0 Å². The zero-order valence-corrected chi connectivity index (χ0v) is 25.8. The highest BCUT2D eigenvalue weighted by molar-refractivity contribution is 6.30. The summed E-state index contributed by atoms with van der Waals surface area (Å²) in [6, 6.07) is 1.64. The van der Waals surface area contributed by atoms with E-state index in [1.807, 2.05) is 6.20 Å². The first-order chi connectivity index (χ1) is 20.7. The van der Waals surface area contributed by atoms with Crippen LogP contribution in [0.25, 0.3) is 11.3 Å². The predicted octanol–water partition coefficient (Wildman–Crippen LogP) is 4.46. The van der Waals surface area contributed by atoms with Crippen LogP contribution < -0.4 is 0 Å². The predicted molar refractivity (Wildman–Crippen MR) is 154 cm³/mol. The number of methoxy groups -OCH3 is 2. The number of unbranched alkanes of at least 4 members (excludes halogenated alkanes) is 4. The van der Waals surface area contributed by atoms with Crippen LogP contribution in [0.4, 0.5) is 8.78 Å². The smallest absolute Gasteiger partial charge is 0.178 e. The number of halogens is 3. The van der Waals surface area contributed by atoms with E-state index >= 15 is 0 Å². The minimum atomic E-state index is -1.26. The molecule has 14 heteroatoms. The highest BCUT2D eigenvalue weighted by atomic mass is 35.5. The molecule has 0 radical (unpaired) electrons. The second-order valence-corrected chi connectivity index (χ2v) is 11.3. The molecule has 1 saturated heterocycles. The molecule has 0 amide bonds. The van der Waals surface area contributed by atoms with Crippen molar-refractivity contribution in [3.63, 3.8) is 0 Å². The highest BCUT2D eigenvalue weighted by Gasteiger charge is 2.47. The van der Waals surface area contributed by atoms with Crippen molar-refractivity contribution in [3.05, 3.63) is 46.9 Å². The van der Waals surface area contributed by atoms with Crippen LogP contribution >= 0.6 is 11.6 Å². The van der Waals surface area contributed by atoms with Crippen LogP contribution in [0.1, 0.15) is 70.5 Å². The monoisotopic (exact) mass is 626 g/mol. The van der Waals surface area contributed by atoms with Crippen molar-refractivity contribution in [3.8, 4) is 11.3 Å². The van der Waals surface area contributed by atoms with Crippen molar-refractivity contribution in [2.24, 2.45) is 0 Å². The Morgan fingerprint density at radius 1 is 1.02 bits per heavy atom. The summed E-state index contributed by atoms with van der Waals surface area (Å²) in [5.41, 5.74) is 0.0336. The summed E-state index contributed by atoms with van der Waals surface area (Å²) in [6.07, 6.45) is 6.72. The van der Waals surface area contributed by atoms with Gasteiger partial charge in [0.25, 0.3) is 0 Å². The van der Waals surface area contributed by atoms with Crippen LogP contribution in [-0.4, -0.2) is 85.4 Å². The Morgan fingerprint density at radius 3 is 2.47 bits per heavy atom. The van der Waals surface area contributed by atoms with Crippen LogP contribution in [0.3, 0.4) is 0 Å². The maximum absolute atomic E-state index is 14.6. The Morgan fingerprint density at radius 2 is 1.79 bits per heavy atom. The lowest BCUT2D eigenvalue weighted by molar-refractivity contribution is -0.216. The number of aromatic nitrogens is 6. The van der Waals surface area contributed by atoms with E-state index in [0.29, 0.717) is 5.69 Å². The third-order valence-corrected chi connectivity index (χ3v) is 8.67. The summed E-state index contributed by atoms with van der Waals surface area (Å²) < 4.78 is 49.5. The van der Waals surface area contributed by atoms with Gasteiger partial charge in [-0.3, -0.25) is 0 Å². The van der Waals surface area contributed by atoms with Gasteiger partial charge < -0.3 is 24.4 Å². The summed E-state index contributed by atoms with van der Waals surface area (Å²) in [7, 11) is 3.15. The average Bonchev–Trinajstić information content (AvgIpc) is 3.69. The lowest BCUT2D eigenvalue weighted by Crippen LogP contribution is -2.57. The third kappa shape index (κ3) is 7.07. The van der Waals surface area contributed by atoms with Crippen LogP contribution in [-0.2, 0) is 26.4 Å². The summed E-state index contributed by atoms with van der Waals surface area (Å²) in [5, 5.41) is 37.7. The quantitative estimate of drug-likeness (QED) is 0.186. The van der Waals surface area contributed by atoms with Gasteiger partial charge in [-0.2, -0.15) is 0 Å². The number of ether oxygens (including phenoxy) is 3. The van der Waals surface area contributed by atoms with E-state index in [1.54, 1.807) is 11.8 Å². The Bertz CT molecular complexity index is 1320. The summed E-state index contributed by atoms with van der Waals surface area (Å²) in [6.45, 7) is 3.96. The van der Waals surface area contributed by atoms with E-state index in [4.69, 9.17) is 25.8 Å². The van der Waals surface area contributed by atoms with Gasteiger partial charge in [0.05, 0.1) is 30.6 Å². The van der Waals surface area contributed by atoms with Crippen LogP contribution in [0.2, 0.25) is 5.02 Å². The first-order valence-electron chi connectivity index (χ1n) is 14.7. The molecule has 0 bridgehead atoms. The zero-order chi connectivity index (χ0) is 31.1. The summed E-state index contributed by atoms with van der Waals surface area (Å²) in [4.78, 5) is 0. The van der Waals surface area contributed by atoms with Gasteiger partial charge in [-0.05, 0) is 25.0 Å². The first kappa shape index (κ1) is 33.3. The van der Waals surface area contributed by atoms with Crippen molar-refractivity contribution in [2.45, 2.75) is 101 Å². The van der Waals surface area contributed by atoms with Gasteiger partial charge in [-0.15, -0.1) is 10.2 Å². The second-order valence-electron chi connectivity index (χ2n) is 10.9. The van der Waals surface area contributed by atoms with E-state index < -0.39 is 54.3 Å². The number of hydrogen-bond acceptors (Lipinski definition) is 9. The molecule has 1 aliphatic rings. The summed E-state index contributed by atoms with van der Waals surface area (Å²) >= 11 is 5.69. The number of nitrogens with zero attached hydrogens (tertiary/aromatic N) is 6. The molecule has 1 aliphatic heterocycles. The van der Waals surface area contributed by atoms with Gasteiger partial charge in [0.2, 0.25) is 0 Å². The molecule has 4 rings (SSSR count). The molecule has 3 heterocycles. The van der Waals surface area contributed by atoms with Crippen molar-refractivity contribution in [1.29, 1.82) is 0 Å².